The zero-order chi connectivity index (χ0) is 29.2. The van der Waals surface area contributed by atoms with Crippen LogP contribution in [0, 0.1) is 0 Å². The molecule has 4 N–H and O–H groups in total. The van der Waals surface area contributed by atoms with E-state index in [0.717, 1.165) is 30.1 Å². The molecule has 0 aliphatic carbocycles. The lowest BCUT2D eigenvalue weighted by Gasteiger charge is -2.31. The van der Waals surface area contributed by atoms with E-state index >= 15 is 0 Å². The highest BCUT2D eigenvalue weighted by Gasteiger charge is 2.27. The van der Waals surface area contributed by atoms with Crippen LogP contribution < -0.4 is 20.7 Å². The predicted molar refractivity (Wildman–Crippen MR) is 158 cm³/mol. The molecule has 1 atom stereocenters. The predicted octanol–water partition coefficient (Wildman–Crippen LogP) is 4.44. The standard InChI is InChI=1S/C28H35N7O5S/c1-3-34(4-2)13-14-40-21-9-5-7-19(15-21)23-16-22(25(36)31-20-8-6-12-35(18-20)28(38)39)26(41-23)33-27(37)32-24-17-29-10-11-30-24/h5,7,9-11,15-17,20H,3-4,6,8,12-14,18H2,1-2H3,(H,31,36)(H,38,39)(H2,30,32,33,37). The number of urea groups is 1. The third-order valence-electron chi connectivity index (χ3n) is 6.72. The Morgan fingerprint density at radius 3 is 2.73 bits per heavy atom. The summed E-state index contributed by atoms with van der Waals surface area (Å²) in [7, 11) is 0. The van der Waals surface area contributed by atoms with Crippen LogP contribution >= 0.6 is 11.3 Å². The highest BCUT2D eigenvalue weighted by Crippen LogP contribution is 2.37. The second-order valence-corrected chi connectivity index (χ2v) is 10.5. The summed E-state index contributed by atoms with van der Waals surface area (Å²) in [6.07, 6.45) is 4.67. The van der Waals surface area contributed by atoms with E-state index < -0.39 is 18.0 Å². The van der Waals surface area contributed by atoms with Gasteiger partial charge in [0.15, 0.2) is 5.82 Å². The number of nitrogens with one attached hydrogen (secondary N) is 3. The highest BCUT2D eigenvalue weighted by atomic mass is 32.1. The number of amides is 4. The maximum atomic E-state index is 13.4. The van der Waals surface area contributed by atoms with Crippen LogP contribution in [0.2, 0.25) is 0 Å². The smallest absolute Gasteiger partial charge is 0.407 e. The molecule has 1 fully saturated rings. The van der Waals surface area contributed by atoms with Crippen molar-refractivity contribution < 1.29 is 24.2 Å². The normalized spacial score (nSPS) is 14.9. The zero-order valence-electron chi connectivity index (χ0n) is 23.1. The van der Waals surface area contributed by atoms with Crippen LogP contribution in [0.15, 0.2) is 48.9 Å². The molecule has 3 heterocycles. The summed E-state index contributed by atoms with van der Waals surface area (Å²) >= 11 is 1.25. The van der Waals surface area contributed by atoms with Gasteiger partial charge in [0, 0.05) is 42.9 Å². The molecule has 0 bridgehead atoms. The van der Waals surface area contributed by atoms with E-state index in [-0.39, 0.29) is 24.0 Å². The Balaban J connectivity index is 1.54. The molecule has 218 valence electrons. The van der Waals surface area contributed by atoms with E-state index in [9.17, 15) is 19.5 Å². The number of ether oxygens (including phenoxy) is 1. The van der Waals surface area contributed by atoms with Gasteiger partial charge in [0.05, 0.1) is 11.8 Å². The number of hydrogen-bond acceptors (Lipinski definition) is 8. The summed E-state index contributed by atoms with van der Waals surface area (Å²) in [6.45, 7) is 8.15. The van der Waals surface area contributed by atoms with Crippen molar-refractivity contribution in [1.82, 2.24) is 25.1 Å². The number of nitrogens with zero attached hydrogens (tertiary/aromatic N) is 4. The van der Waals surface area contributed by atoms with Crippen molar-refractivity contribution in [3.8, 4) is 16.2 Å². The molecular weight excluding hydrogens is 546 g/mol. The van der Waals surface area contributed by atoms with E-state index in [1.165, 1.54) is 34.8 Å². The molecule has 0 spiro atoms. The number of likely N-dealkylation sites (N-methyl/N-ethyl adjacent to an activating group) is 1. The van der Waals surface area contributed by atoms with Crippen molar-refractivity contribution in [1.29, 1.82) is 0 Å². The Morgan fingerprint density at radius 1 is 1.17 bits per heavy atom. The SMILES string of the molecule is CCN(CC)CCOc1cccc(-c2cc(C(=O)NC3CCCN(C(=O)O)C3)c(NC(=O)Nc3cnccn3)s2)c1. The van der Waals surface area contributed by atoms with Crippen LogP contribution in [0.4, 0.5) is 20.4 Å². The Bertz CT molecular complexity index is 1330. The third-order valence-corrected chi connectivity index (χ3v) is 7.82. The second kappa shape index (κ2) is 14.4. The molecule has 41 heavy (non-hydrogen) atoms. The van der Waals surface area contributed by atoms with Gasteiger partial charge in [-0.2, -0.15) is 0 Å². The molecule has 0 radical (unpaired) electrons. The molecule has 13 heteroatoms. The largest absolute Gasteiger partial charge is 0.492 e. The number of rotatable bonds is 11. The molecule has 3 aromatic rings. The van der Waals surface area contributed by atoms with Crippen molar-refractivity contribution in [3.63, 3.8) is 0 Å². The van der Waals surface area contributed by atoms with E-state index in [1.54, 1.807) is 6.07 Å². The molecule has 0 saturated carbocycles. The first-order chi connectivity index (χ1) is 19.9. The van der Waals surface area contributed by atoms with Crippen LogP contribution in [-0.2, 0) is 0 Å². The first-order valence-corrected chi connectivity index (χ1v) is 14.4. The van der Waals surface area contributed by atoms with Gasteiger partial charge in [0.1, 0.15) is 17.4 Å². The zero-order valence-corrected chi connectivity index (χ0v) is 23.9. The van der Waals surface area contributed by atoms with Gasteiger partial charge in [0.2, 0.25) is 0 Å². The number of likely N-dealkylation sites (tertiary alicyclic amines) is 1. The number of hydrogen-bond donors (Lipinski definition) is 4. The number of thiophene rings is 1. The molecule has 12 nitrogen and oxygen atoms in total. The van der Waals surface area contributed by atoms with Gasteiger partial charge in [-0.3, -0.25) is 20.4 Å². The van der Waals surface area contributed by atoms with Gasteiger partial charge in [-0.15, -0.1) is 11.3 Å². The lowest BCUT2D eigenvalue weighted by molar-refractivity contribution is 0.0889. The van der Waals surface area contributed by atoms with Gasteiger partial charge in [-0.1, -0.05) is 26.0 Å². The lowest BCUT2D eigenvalue weighted by Crippen LogP contribution is -2.49. The van der Waals surface area contributed by atoms with Gasteiger partial charge < -0.3 is 25.0 Å². The maximum absolute atomic E-state index is 13.4. The van der Waals surface area contributed by atoms with Crippen molar-refractivity contribution in [2.45, 2.75) is 32.7 Å². The van der Waals surface area contributed by atoms with Crippen LogP contribution in [0.25, 0.3) is 10.4 Å². The van der Waals surface area contributed by atoms with Crippen molar-refractivity contribution in [2.24, 2.45) is 0 Å². The quantitative estimate of drug-likeness (QED) is 0.260. The number of aromatic nitrogens is 2. The van der Waals surface area contributed by atoms with Crippen molar-refractivity contribution >= 4 is 40.2 Å². The summed E-state index contributed by atoms with van der Waals surface area (Å²) in [6, 6.07) is 8.42. The molecule has 4 amide bonds. The first-order valence-electron chi connectivity index (χ1n) is 13.6. The lowest BCUT2D eigenvalue weighted by atomic mass is 10.1. The minimum Gasteiger partial charge on any atom is -0.492 e. The topological polar surface area (TPSA) is 149 Å². The van der Waals surface area contributed by atoms with Gasteiger partial charge in [-0.25, -0.2) is 14.6 Å². The fraction of sp³-hybridized carbons (Fsp3) is 0.393. The first kappa shape index (κ1) is 29.7. The number of carbonyl (C=O) groups is 3. The Morgan fingerprint density at radius 2 is 2.00 bits per heavy atom. The molecule has 1 saturated heterocycles. The van der Waals surface area contributed by atoms with Crippen LogP contribution in [0.1, 0.15) is 37.0 Å². The van der Waals surface area contributed by atoms with Crippen LogP contribution in [0.5, 0.6) is 5.75 Å². The van der Waals surface area contributed by atoms with E-state index in [4.69, 9.17) is 4.74 Å². The Kier molecular flexibility index (Phi) is 10.5. The molecule has 1 unspecified atom stereocenters. The number of carboxylic acid groups (broad SMARTS) is 1. The summed E-state index contributed by atoms with van der Waals surface area (Å²) < 4.78 is 5.99. The fourth-order valence-electron chi connectivity index (χ4n) is 4.51. The molecule has 2 aromatic heterocycles. The molecule has 1 aliphatic rings. The monoisotopic (exact) mass is 581 g/mol. The molecule has 1 aromatic carbocycles. The molecular formula is C28H35N7O5S. The number of carbonyl (C=O) groups excluding carboxylic acids is 2. The van der Waals surface area contributed by atoms with E-state index in [0.29, 0.717) is 36.7 Å². The third kappa shape index (κ3) is 8.38. The van der Waals surface area contributed by atoms with E-state index in [2.05, 4.69) is 44.7 Å². The van der Waals surface area contributed by atoms with Crippen molar-refractivity contribution in [2.75, 3.05) is 50.0 Å². The second-order valence-electron chi connectivity index (χ2n) is 9.47. The molecule has 1 aliphatic heterocycles. The van der Waals surface area contributed by atoms with Crippen LogP contribution in [-0.4, -0.2) is 88.3 Å². The minimum atomic E-state index is -1.01. The fourth-order valence-corrected chi connectivity index (χ4v) is 5.56. The average molecular weight is 582 g/mol. The van der Waals surface area contributed by atoms with Gasteiger partial charge in [0.25, 0.3) is 5.91 Å². The maximum Gasteiger partial charge on any atom is 0.407 e. The summed E-state index contributed by atoms with van der Waals surface area (Å²) in [5.41, 5.74) is 1.11. The highest BCUT2D eigenvalue weighted by molar-refractivity contribution is 7.20. The number of anilines is 2. The molecule has 4 rings (SSSR count). The summed E-state index contributed by atoms with van der Waals surface area (Å²) in [4.78, 5) is 50.0. The van der Waals surface area contributed by atoms with Gasteiger partial charge in [-0.05, 0) is 49.7 Å². The summed E-state index contributed by atoms with van der Waals surface area (Å²) in [5.74, 6) is 0.574. The number of piperidine rings is 1. The average Bonchev–Trinajstić information content (AvgIpc) is 3.40. The van der Waals surface area contributed by atoms with E-state index in [1.807, 2.05) is 24.3 Å². The minimum absolute atomic E-state index is 0.209. The van der Waals surface area contributed by atoms with Crippen LogP contribution in [0.3, 0.4) is 0 Å². The Hall–Kier alpha value is -4.23. The number of benzene rings is 1. The Labute approximate surface area is 242 Å². The van der Waals surface area contributed by atoms with Gasteiger partial charge >= 0.3 is 12.1 Å². The summed E-state index contributed by atoms with van der Waals surface area (Å²) in [5, 5.41) is 18.0. The van der Waals surface area contributed by atoms with Crippen molar-refractivity contribution in [3.05, 3.63) is 54.5 Å².